The number of rotatable bonds is 2. The van der Waals surface area contributed by atoms with Crippen molar-refractivity contribution in [2.75, 3.05) is 5.32 Å². The zero-order valence-electron chi connectivity index (χ0n) is 10.9. The molecule has 0 spiro atoms. The van der Waals surface area contributed by atoms with E-state index < -0.39 is 0 Å². The monoisotopic (exact) mass is 323 g/mol. The smallest absolute Gasteiger partial charge is 0.259 e. The van der Waals surface area contributed by atoms with Crippen LogP contribution in [0.5, 0.6) is 0 Å². The molecule has 0 aromatic carbocycles. The molecular formula is C13H14BrN3O2. The lowest BCUT2D eigenvalue weighted by Crippen LogP contribution is -2.12. The number of anilines is 1. The summed E-state index contributed by atoms with van der Waals surface area (Å²) in [7, 11) is 0. The van der Waals surface area contributed by atoms with Gasteiger partial charge in [0, 0.05) is 17.7 Å². The van der Waals surface area contributed by atoms with Crippen LogP contribution in [-0.4, -0.2) is 16.0 Å². The highest BCUT2D eigenvalue weighted by molar-refractivity contribution is 9.10. The molecule has 100 valence electrons. The second kappa shape index (κ2) is 5.13. The van der Waals surface area contributed by atoms with Gasteiger partial charge in [-0.1, -0.05) is 25.9 Å². The first-order valence-electron chi connectivity index (χ1n) is 5.76. The van der Waals surface area contributed by atoms with Crippen LogP contribution in [0.3, 0.4) is 0 Å². The fourth-order valence-corrected chi connectivity index (χ4v) is 1.62. The minimum Gasteiger partial charge on any atom is -0.338 e. The van der Waals surface area contributed by atoms with Gasteiger partial charge in [0.1, 0.15) is 4.60 Å². The zero-order valence-corrected chi connectivity index (χ0v) is 12.5. The Kier molecular flexibility index (Phi) is 3.71. The fraction of sp³-hybridized carbons (Fsp3) is 0.308. The third-order valence-electron chi connectivity index (χ3n) is 2.50. The van der Waals surface area contributed by atoms with Crippen molar-refractivity contribution in [2.45, 2.75) is 26.2 Å². The predicted molar refractivity (Wildman–Crippen MR) is 75.1 cm³/mol. The van der Waals surface area contributed by atoms with Gasteiger partial charge in [0.25, 0.3) is 5.91 Å². The van der Waals surface area contributed by atoms with Crippen molar-refractivity contribution in [1.82, 2.24) is 10.1 Å². The highest BCUT2D eigenvalue weighted by atomic mass is 79.9. The molecule has 2 heterocycles. The summed E-state index contributed by atoms with van der Waals surface area (Å²) >= 11 is 3.22. The summed E-state index contributed by atoms with van der Waals surface area (Å²) < 4.78 is 5.77. The number of hydrogen-bond acceptors (Lipinski definition) is 4. The van der Waals surface area contributed by atoms with Gasteiger partial charge in [0.2, 0.25) is 5.88 Å². The van der Waals surface area contributed by atoms with Crippen molar-refractivity contribution in [1.29, 1.82) is 0 Å². The van der Waals surface area contributed by atoms with E-state index in [1.165, 1.54) is 6.20 Å². The highest BCUT2D eigenvalue weighted by Gasteiger charge is 2.19. The number of aromatic nitrogens is 2. The maximum absolute atomic E-state index is 11.9. The van der Waals surface area contributed by atoms with E-state index in [1.807, 2.05) is 20.8 Å². The summed E-state index contributed by atoms with van der Waals surface area (Å²) in [6, 6.07) is 5.10. The first kappa shape index (κ1) is 13.7. The summed E-state index contributed by atoms with van der Waals surface area (Å²) in [5, 5.41) is 6.58. The summed E-state index contributed by atoms with van der Waals surface area (Å²) in [5.74, 6) is 0.0504. The fourth-order valence-electron chi connectivity index (χ4n) is 1.38. The van der Waals surface area contributed by atoms with Crippen molar-refractivity contribution in [3.05, 3.63) is 40.3 Å². The highest BCUT2D eigenvalue weighted by Crippen LogP contribution is 2.23. The maximum Gasteiger partial charge on any atom is 0.259 e. The normalized spacial score (nSPS) is 11.4. The third-order valence-corrected chi connectivity index (χ3v) is 2.97. The molecule has 0 radical (unpaired) electrons. The molecule has 0 aliphatic rings. The van der Waals surface area contributed by atoms with Crippen LogP contribution < -0.4 is 5.32 Å². The minimum atomic E-state index is -0.281. The molecule has 6 heteroatoms. The SMILES string of the molecule is CC(C)(C)c1cc(NC(=O)c2ccc(Br)nc2)on1. The lowest BCUT2D eigenvalue weighted by molar-refractivity contribution is 0.102. The van der Waals surface area contributed by atoms with Crippen LogP contribution in [0.2, 0.25) is 0 Å². The molecule has 2 aromatic rings. The van der Waals surface area contributed by atoms with Crippen molar-refractivity contribution < 1.29 is 9.32 Å². The third kappa shape index (κ3) is 3.41. The molecule has 0 unspecified atom stereocenters. The van der Waals surface area contributed by atoms with E-state index in [1.54, 1.807) is 18.2 Å². The maximum atomic E-state index is 11.9. The molecule has 2 aromatic heterocycles. The van der Waals surface area contributed by atoms with Crippen LogP contribution in [0.25, 0.3) is 0 Å². The average Bonchev–Trinajstić information content (AvgIpc) is 2.78. The van der Waals surface area contributed by atoms with Gasteiger partial charge in [0.15, 0.2) is 0 Å². The molecule has 19 heavy (non-hydrogen) atoms. The van der Waals surface area contributed by atoms with Gasteiger partial charge in [-0.15, -0.1) is 0 Å². The minimum absolute atomic E-state index is 0.119. The molecule has 0 aliphatic heterocycles. The Morgan fingerprint density at radius 1 is 1.37 bits per heavy atom. The molecule has 0 fully saturated rings. The summed E-state index contributed by atoms with van der Waals surface area (Å²) in [4.78, 5) is 15.9. The number of halogens is 1. The summed E-state index contributed by atoms with van der Waals surface area (Å²) in [6.07, 6.45) is 1.49. The van der Waals surface area contributed by atoms with E-state index in [0.717, 1.165) is 5.69 Å². The quantitative estimate of drug-likeness (QED) is 0.860. The van der Waals surface area contributed by atoms with Gasteiger partial charge < -0.3 is 4.52 Å². The van der Waals surface area contributed by atoms with Gasteiger partial charge in [-0.05, 0) is 28.1 Å². The topological polar surface area (TPSA) is 68.0 Å². The molecule has 1 amide bonds. The standard InChI is InChI=1S/C13H14BrN3O2/c1-13(2,3)9-6-11(19-17-9)16-12(18)8-4-5-10(14)15-7-8/h4-7H,1-3H3,(H,16,18). The molecule has 0 saturated heterocycles. The molecule has 0 atom stereocenters. The number of amides is 1. The number of nitrogens with zero attached hydrogens (tertiary/aromatic N) is 2. The molecule has 0 saturated carbocycles. The summed E-state index contributed by atoms with van der Waals surface area (Å²) in [5.41, 5.74) is 1.12. The molecule has 5 nitrogen and oxygen atoms in total. The van der Waals surface area contributed by atoms with Crippen LogP contribution >= 0.6 is 15.9 Å². The second-order valence-corrected chi connectivity index (χ2v) is 5.96. The van der Waals surface area contributed by atoms with Crippen LogP contribution in [0.1, 0.15) is 36.8 Å². The lowest BCUT2D eigenvalue weighted by Gasteiger charge is -2.12. The molecule has 2 rings (SSSR count). The first-order chi connectivity index (χ1) is 8.86. The predicted octanol–water partition coefficient (Wildman–Crippen LogP) is 3.38. The van der Waals surface area contributed by atoms with E-state index >= 15 is 0 Å². The first-order valence-corrected chi connectivity index (χ1v) is 6.55. The van der Waals surface area contributed by atoms with Gasteiger partial charge in [-0.2, -0.15) is 0 Å². The Balaban J connectivity index is 2.11. The Morgan fingerprint density at radius 3 is 2.63 bits per heavy atom. The number of nitrogens with one attached hydrogen (secondary N) is 1. The van der Waals surface area contributed by atoms with E-state index in [-0.39, 0.29) is 11.3 Å². The average molecular weight is 324 g/mol. The number of carbonyl (C=O) groups is 1. The van der Waals surface area contributed by atoms with E-state index in [0.29, 0.717) is 16.1 Å². The van der Waals surface area contributed by atoms with Crippen LogP contribution in [0, 0.1) is 0 Å². The number of pyridine rings is 1. The molecule has 1 N–H and O–H groups in total. The van der Waals surface area contributed by atoms with Gasteiger partial charge >= 0.3 is 0 Å². The largest absolute Gasteiger partial charge is 0.338 e. The van der Waals surface area contributed by atoms with Gasteiger partial charge in [-0.25, -0.2) is 4.98 Å². The molecular weight excluding hydrogens is 310 g/mol. The molecule has 0 bridgehead atoms. The Hall–Kier alpha value is -1.69. The van der Waals surface area contributed by atoms with Gasteiger partial charge in [0.05, 0.1) is 11.3 Å². The van der Waals surface area contributed by atoms with E-state index in [9.17, 15) is 4.79 Å². The Morgan fingerprint density at radius 2 is 2.11 bits per heavy atom. The molecule has 0 aliphatic carbocycles. The Bertz CT molecular complexity index is 585. The number of carbonyl (C=O) groups excluding carboxylic acids is 1. The van der Waals surface area contributed by atoms with Crippen molar-refractivity contribution in [3.63, 3.8) is 0 Å². The van der Waals surface area contributed by atoms with Crippen LogP contribution in [0.15, 0.2) is 33.5 Å². The lowest BCUT2D eigenvalue weighted by atomic mass is 9.92. The van der Waals surface area contributed by atoms with Crippen molar-refractivity contribution in [3.8, 4) is 0 Å². The van der Waals surface area contributed by atoms with Crippen LogP contribution in [0.4, 0.5) is 5.88 Å². The van der Waals surface area contributed by atoms with Crippen molar-refractivity contribution in [2.24, 2.45) is 0 Å². The summed E-state index contributed by atoms with van der Waals surface area (Å²) in [6.45, 7) is 6.07. The van der Waals surface area contributed by atoms with E-state index in [4.69, 9.17) is 4.52 Å². The Labute approximate surface area is 119 Å². The van der Waals surface area contributed by atoms with Crippen LogP contribution in [-0.2, 0) is 5.41 Å². The number of hydrogen-bond donors (Lipinski definition) is 1. The second-order valence-electron chi connectivity index (χ2n) is 5.15. The van der Waals surface area contributed by atoms with Gasteiger partial charge in [-0.3, -0.25) is 10.1 Å². The zero-order chi connectivity index (χ0) is 14.0. The van der Waals surface area contributed by atoms with Crippen molar-refractivity contribution >= 4 is 27.7 Å². The van der Waals surface area contributed by atoms with E-state index in [2.05, 4.69) is 31.4 Å².